The largest absolute Gasteiger partial charge is 0.490 e. The van der Waals surface area contributed by atoms with E-state index in [2.05, 4.69) is 26.1 Å². The van der Waals surface area contributed by atoms with Gasteiger partial charge in [-0.25, -0.2) is 4.79 Å². The maximum absolute atomic E-state index is 11.5. The molecule has 134 valence electrons. The van der Waals surface area contributed by atoms with E-state index in [-0.39, 0.29) is 17.6 Å². The standard InChI is InChI=1S/C18H28N2O3S/c1-18(2,3)16(23-14-5-7-15(24-4)8-6-14)11-13-12-19-9-10-20(13)17(21)22/h5-8,13,16,19H,9-12H2,1-4H3,(H,21,22). The van der Waals surface area contributed by atoms with Crippen LogP contribution in [0.15, 0.2) is 29.2 Å². The normalized spacial score (nSPS) is 19.8. The maximum atomic E-state index is 11.5. The highest BCUT2D eigenvalue weighted by Crippen LogP contribution is 2.30. The van der Waals surface area contributed by atoms with Crippen molar-refractivity contribution in [2.24, 2.45) is 5.41 Å². The van der Waals surface area contributed by atoms with Gasteiger partial charge in [-0.1, -0.05) is 20.8 Å². The molecule has 0 bridgehead atoms. The van der Waals surface area contributed by atoms with Crippen LogP contribution in [0.1, 0.15) is 27.2 Å². The van der Waals surface area contributed by atoms with Crippen LogP contribution in [0.5, 0.6) is 5.75 Å². The Morgan fingerprint density at radius 1 is 1.42 bits per heavy atom. The van der Waals surface area contributed by atoms with Crippen molar-refractivity contribution in [3.05, 3.63) is 24.3 Å². The monoisotopic (exact) mass is 352 g/mol. The van der Waals surface area contributed by atoms with E-state index in [1.807, 2.05) is 30.5 Å². The molecule has 1 aromatic carbocycles. The minimum Gasteiger partial charge on any atom is -0.490 e. The van der Waals surface area contributed by atoms with Crippen LogP contribution in [0.2, 0.25) is 0 Å². The number of hydrogen-bond donors (Lipinski definition) is 2. The molecule has 0 aromatic heterocycles. The number of nitrogens with zero attached hydrogens (tertiary/aromatic N) is 1. The quantitative estimate of drug-likeness (QED) is 0.794. The van der Waals surface area contributed by atoms with Crippen LogP contribution in [-0.4, -0.2) is 54.1 Å². The molecule has 2 rings (SSSR count). The Morgan fingerprint density at radius 2 is 2.08 bits per heavy atom. The van der Waals surface area contributed by atoms with Crippen molar-refractivity contribution in [2.75, 3.05) is 25.9 Å². The van der Waals surface area contributed by atoms with Crippen LogP contribution >= 0.6 is 11.8 Å². The topological polar surface area (TPSA) is 61.8 Å². The van der Waals surface area contributed by atoms with Crippen molar-refractivity contribution >= 4 is 17.9 Å². The smallest absolute Gasteiger partial charge is 0.407 e. The van der Waals surface area contributed by atoms with Crippen molar-refractivity contribution in [3.63, 3.8) is 0 Å². The summed E-state index contributed by atoms with van der Waals surface area (Å²) >= 11 is 1.70. The number of hydrogen-bond acceptors (Lipinski definition) is 4. The highest BCUT2D eigenvalue weighted by molar-refractivity contribution is 7.98. The number of amides is 1. The lowest BCUT2D eigenvalue weighted by atomic mass is 9.84. The molecule has 1 aliphatic heterocycles. The van der Waals surface area contributed by atoms with E-state index in [0.717, 1.165) is 5.75 Å². The predicted octanol–water partition coefficient (Wildman–Crippen LogP) is 3.54. The molecule has 1 aliphatic rings. The van der Waals surface area contributed by atoms with Gasteiger partial charge in [-0.05, 0) is 35.9 Å². The summed E-state index contributed by atoms with van der Waals surface area (Å²) in [6.07, 6.45) is 1.81. The van der Waals surface area contributed by atoms with Gasteiger partial charge >= 0.3 is 6.09 Å². The van der Waals surface area contributed by atoms with Crippen molar-refractivity contribution in [1.82, 2.24) is 10.2 Å². The summed E-state index contributed by atoms with van der Waals surface area (Å²) in [6, 6.07) is 8.00. The predicted molar refractivity (Wildman–Crippen MR) is 98.1 cm³/mol. The fourth-order valence-corrected chi connectivity index (χ4v) is 3.28. The maximum Gasteiger partial charge on any atom is 0.407 e. The number of piperazine rings is 1. The van der Waals surface area contributed by atoms with Crippen molar-refractivity contribution in [2.45, 2.75) is 44.2 Å². The molecule has 2 N–H and O–H groups in total. The van der Waals surface area contributed by atoms with Crippen LogP contribution in [0, 0.1) is 5.41 Å². The lowest BCUT2D eigenvalue weighted by molar-refractivity contribution is 0.0390. The molecule has 0 saturated carbocycles. The SMILES string of the molecule is CSc1ccc(OC(CC2CNCCN2C(=O)O)C(C)(C)C)cc1. The van der Waals surface area contributed by atoms with E-state index in [1.165, 1.54) is 9.80 Å². The molecule has 0 aliphatic carbocycles. The Hall–Kier alpha value is -1.40. The molecule has 1 amide bonds. The van der Waals surface area contributed by atoms with Gasteiger partial charge in [0.05, 0.1) is 6.04 Å². The van der Waals surface area contributed by atoms with Crippen LogP contribution in [0.25, 0.3) is 0 Å². The fraction of sp³-hybridized carbons (Fsp3) is 0.611. The van der Waals surface area contributed by atoms with Gasteiger partial charge in [0.15, 0.2) is 0 Å². The summed E-state index contributed by atoms with van der Waals surface area (Å²) in [5.74, 6) is 0.832. The summed E-state index contributed by atoms with van der Waals surface area (Å²) in [5.41, 5.74) is -0.0835. The molecule has 24 heavy (non-hydrogen) atoms. The van der Waals surface area contributed by atoms with Gasteiger partial charge in [0.1, 0.15) is 11.9 Å². The van der Waals surface area contributed by atoms with E-state index in [9.17, 15) is 9.90 Å². The third-order valence-corrected chi connectivity index (χ3v) is 5.13. The van der Waals surface area contributed by atoms with Gasteiger partial charge < -0.3 is 20.1 Å². The fourth-order valence-electron chi connectivity index (χ4n) is 2.87. The number of carbonyl (C=O) groups is 1. The summed E-state index contributed by atoms with van der Waals surface area (Å²) in [7, 11) is 0. The zero-order valence-electron chi connectivity index (χ0n) is 14.9. The molecule has 0 spiro atoms. The Kier molecular flexibility index (Phi) is 6.40. The van der Waals surface area contributed by atoms with E-state index in [4.69, 9.17) is 4.74 Å². The molecular weight excluding hydrogens is 324 g/mol. The van der Waals surface area contributed by atoms with Crippen LogP contribution in [0.4, 0.5) is 4.79 Å². The van der Waals surface area contributed by atoms with Gasteiger partial charge in [0, 0.05) is 31.0 Å². The average molecular weight is 353 g/mol. The zero-order valence-corrected chi connectivity index (χ0v) is 15.7. The first-order chi connectivity index (χ1) is 11.3. The second kappa shape index (κ2) is 8.12. The minimum absolute atomic E-state index is 0.0639. The van der Waals surface area contributed by atoms with Crippen LogP contribution < -0.4 is 10.1 Å². The first-order valence-corrected chi connectivity index (χ1v) is 9.54. The van der Waals surface area contributed by atoms with E-state index in [0.29, 0.717) is 26.1 Å². The molecule has 5 nitrogen and oxygen atoms in total. The molecule has 1 aromatic rings. The van der Waals surface area contributed by atoms with Crippen LogP contribution in [0.3, 0.4) is 0 Å². The second-order valence-electron chi connectivity index (χ2n) is 7.22. The van der Waals surface area contributed by atoms with E-state index >= 15 is 0 Å². The van der Waals surface area contributed by atoms with Gasteiger partial charge in [-0.15, -0.1) is 11.8 Å². The van der Waals surface area contributed by atoms with Crippen LogP contribution in [-0.2, 0) is 0 Å². The van der Waals surface area contributed by atoms with E-state index in [1.54, 1.807) is 11.8 Å². The molecule has 1 heterocycles. The van der Waals surface area contributed by atoms with E-state index < -0.39 is 6.09 Å². The Morgan fingerprint density at radius 3 is 2.62 bits per heavy atom. The Bertz CT molecular complexity index is 542. The minimum atomic E-state index is -0.849. The second-order valence-corrected chi connectivity index (χ2v) is 8.10. The highest BCUT2D eigenvalue weighted by atomic mass is 32.2. The third-order valence-electron chi connectivity index (χ3n) is 4.39. The number of ether oxygens (including phenoxy) is 1. The van der Waals surface area contributed by atoms with Gasteiger partial charge in [-0.3, -0.25) is 0 Å². The summed E-state index contributed by atoms with van der Waals surface area (Å²) < 4.78 is 6.25. The summed E-state index contributed by atoms with van der Waals surface area (Å²) in [4.78, 5) is 14.2. The molecule has 2 atom stereocenters. The Balaban J connectivity index is 2.11. The summed E-state index contributed by atoms with van der Waals surface area (Å²) in [5, 5.41) is 12.7. The lowest BCUT2D eigenvalue weighted by Crippen LogP contribution is -2.55. The number of rotatable bonds is 5. The summed E-state index contributed by atoms with van der Waals surface area (Å²) in [6.45, 7) is 8.31. The van der Waals surface area contributed by atoms with Gasteiger partial charge in [0.2, 0.25) is 0 Å². The number of carboxylic acid groups (broad SMARTS) is 1. The number of thioether (sulfide) groups is 1. The third kappa shape index (κ3) is 5.05. The molecule has 2 unspecified atom stereocenters. The van der Waals surface area contributed by atoms with Crippen molar-refractivity contribution < 1.29 is 14.6 Å². The number of benzene rings is 1. The Labute approximate surface area is 148 Å². The molecular formula is C18H28N2O3S. The molecule has 1 saturated heterocycles. The van der Waals surface area contributed by atoms with Gasteiger partial charge in [-0.2, -0.15) is 0 Å². The van der Waals surface area contributed by atoms with Crippen molar-refractivity contribution in [3.8, 4) is 5.75 Å². The van der Waals surface area contributed by atoms with Crippen molar-refractivity contribution in [1.29, 1.82) is 0 Å². The lowest BCUT2D eigenvalue weighted by Gasteiger charge is -2.39. The average Bonchev–Trinajstić information content (AvgIpc) is 2.54. The molecule has 1 fully saturated rings. The first kappa shape index (κ1) is 18.9. The highest BCUT2D eigenvalue weighted by Gasteiger charge is 2.34. The molecule has 6 heteroatoms. The zero-order chi connectivity index (χ0) is 17.7. The first-order valence-electron chi connectivity index (χ1n) is 8.32. The molecule has 0 radical (unpaired) electrons. The van der Waals surface area contributed by atoms with Gasteiger partial charge in [0.25, 0.3) is 0 Å². The number of nitrogens with one attached hydrogen (secondary N) is 1.